The van der Waals surface area contributed by atoms with Gasteiger partial charge in [0.15, 0.2) is 0 Å². The number of hydrogen-bond acceptors (Lipinski definition) is 4. The molecule has 9 atom stereocenters. The number of methoxy groups -OCH3 is 1. The molecule has 4 rings (SSSR count). The first kappa shape index (κ1) is 24.2. The van der Waals surface area contributed by atoms with E-state index in [1.807, 2.05) is 0 Å². The Morgan fingerprint density at radius 1 is 1.09 bits per heavy atom. The average Bonchev–Trinajstić information content (AvgIpc) is 3.10. The molecule has 32 heavy (non-hydrogen) atoms. The van der Waals surface area contributed by atoms with E-state index in [9.17, 15) is 14.7 Å². The fourth-order valence-electron chi connectivity index (χ4n) is 9.76. The van der Waals surface area contributed by atoms with Crippen LogP contribution in [0.1, 0.15) is 98.8 Å². The molecule has 1 N–H and O–H groups in total. The van der Waals surface area contributed by atoms with Crippen LogP contribution in [0.4, 0.5) is 0 Å². The van der Waals surface area contributed by atoms with Gasteiger partial charge in [-0.2, -0.15) is 0 Å². The summed E-state index contributed by atoms with van der Waals surface area (Å²) in [6.07, 6.45) is 9.21. The quantitative estimate of drug-likeness (QED) is 0.542. The van der Waals surface area contributed by atoms with Crippen molar-refractivity contribution in [2.24, 2.45) is 51.8 Å². The predicted octanol–water partition coefficient (Wildman–Crippen LogP) is 5.80. The Labute approximate surface area is 195 Å². The molecule has 4 heteroatoms. The molecule has 2 unspecified atom stereocenters. The zero-order valence-corrected chi connectivity index (χ0v) is 21.3. The lowest BCUT2D eigenvalue weighted by Crippen LogP contribution is -2.63. The number of aliphatic hydroxyl groups is 1. The lowest BCUT2D eigenvalue weighted by Gasteiger charge is -2.66. The second-order valence-electron chi connectivity index (χ2n) is 12.8. The Kier molecular flexibility index (Phi) is 6.36. The molecule has 4 aliphatic rings. The monoisotopic (exact) mass is 446 g/mol. The van der Waals surface area contributed by atoms with Crippen molar-refractivity contribution >= 4 is 11.8 Å². The van der Waals surface area contributed by atoms with Crippen LogP contribution < -0.4 is 0 Å². The molecule has 182 valence electrons. The fourth-order valence-corrected chi connectivity index (χ4v) is 9.76. The van der Waals surface area contributed by atoms with E-state index in [0.29, 0.717) is 48.2 Å². The molecule has 0 saturated heterocycles. The third-order valence-corrected chi connectivity index (χ3v) is 11.6. The maximum absolute atomic E-state index is 13.9. The minimum atomic E-state index is -0.254. The molecule has 0 aromatic rings. The first-order chi connectivity index (χ1) is 15.0. The molecule has 0 aliphatic heterocycles. The number of ether oxygens (including phenoxy) is 1. The molecule has 0 amide bonds. The van der Waals surface area contributed by atoms with Crippen molar-refractivity contribution in [3.05, 3.63) is 0 Å². The van der Waals surface area contributed by atoms with Crippen LogP contribution in [0.5, 0.6) is 0 Å². The molecule has 4 saturated carbocycles. The summed E-state index contributed by atoms with van der Waals surface area (Å²) in [6, 6.07) is 0. The summed E-state index contributed by atoms with van der Waals surface area (Å²) in [6.45, 7) is 11.8. The van der Waals surface area contributed by atoms with Gasteiger partial charge in [0, 0.05) is 18.8 Å². The van der Waals surface area contributed by atoms with Crippen LogP contribution in [0.3, 0.4) is 0 Å². The summed E-state index contributed by atoms with van der Waals surface area (Å²) in [5, 5.41) is 10.6. The SMILES string of the molecule is COC(=O)CC[C@@H](C)[C@H]1CCC2[C@@H]3C(=O)C[C@]4(C(C)C)C[C@H](O)CC[C@]4(C)C3CC[C@@]21C. The van der Waals surface area contributed by atoms with E-state index in [1.165, 1.54) is 20.0 Å². The largest absolute Gasteiger partial charge is 0.469 e. The van der Waals surface area contributed by atoms with Gasteiger partial charge in [0.05, 0.1) is 13.2 Å². The zero-order chi connectivity index (χ0) is 23.5. The molecular weight excluding hydrogens is 400 g/mol. The Morgan fingerprint density at radius 3 is 2.47 bits per heavy atom. The van der Waals surface area contributed by atoms with Crippen molar-refractivity contribution in [2.75, 3.05) is 7.11 Å². The van der Waals surface area contributed by atoms with Gasteiger partial charge in [-0.25, -0.2) is 0 Å². The second-order valence-corrected chi connectivity index (χ2v) is 12.8. The van der Waals surface area contributed by atoms with Crippen LogP contribution in [0.15, 0.2) is 0 Å². The summed E-state index contributed by atoms with van der Waals surface area (Å²) in [5.41, 5.74) is 0.298. The number of carbonyl (C=O) groups is 2. The third-order valence-electron chi connectivity index (χ3n) is 11.6. The minimum Gasteiger partial charge on any atom is -0.469 e. The number of rotatable bonds is 5. The Hall–Kier alpha value is -0.900. The van der Waals surface area contributed by atoms with Crippen molar-refractivity contribution in [3.8, 4) is 0 Å². The van der Waals surface area contributed by atoms with E-state index >= 15 is 0 Å². The maximum Gasteiger partial charge on any atom is 0.305 e. The molecular formula is C28H46O4. The van der Waals surface area contributed by atoms with Gasteiger partial charge in [-0.05, 0) is 97.2 Å². The second kappa shape index (κ2) is 8.40. The number of fused-ring (bicyclic) bond motifs is 5. The molecule has 0 bridgehead atoms. The van der Waals surface area contributed by atoms with E-state index in [1.54, 1.807) is 0 Å². The van der Waals surface area contributed by atoms with E-state index in [0.717, 1.165) is 38.5 Å². The number of carbonyl (C=O) groups excluding carboxylic acids is 2. The van der Waals surface area contributed by atoms with Gasteiger partial charge in [0.2, 0.25) is 0 Å². The number of ketones is 1. The van der Waals surface area contributed by atoms with Crippen molar-refractivity contribution in [3.63, 3.8) is 0 Å². The van der Waals surface area contributed by atoms with Crippen LogP contribution in [0, 0.1) is 51.8 Å². The highest BCUT2D eigenvalue weighted by atomic mass is 16.5. The maximum atomic E-state index is 13.9. The highest BCUT2D eigenvalue weighted by Crippen LogP contribution is 2.72. The minimum absolute atomic E-state index is 0.0531. The van der Waals surface area contributed by atoms with Crippen LogP contribution in [-0.4, -0.2) is 30.1 Å². The predicted molar refractivity (Wildman–Crippen MR) is 126 cm³/mol. The van der Waals surface area contributed by atoms with Crippen molar-refractivity contribution in [1.29, 1.82) is 0 Å². The number of esters is 1. The number of hydrogen-bond donors (Lipinski definition) is 1. The Bertz CT molecular complexity index is 746. The van der Waals surface area contributed by atoms with Crippen molar-refractivity contribution < 1.29 is 19.4 Å². The summed E-state index contributed by atoms with van der Waals surface area (Å²) in [4.78, 5) is 25.6. The van der Waals surface area contributed by atoms with Gasteiger partial charge in [0.1, 0.15) is 5.78 Å². The highest BCUT2D eigenvalue weighted by molar-refractivity contribution is 5.84. The smallest absolute Gasteiger partial charge is 0.305 e. The van der Waals surface area contributed by atoms with E-state index < -0.39 is 0 Å². The molecule has 0 spiro atoms. The lowest BCUT2D eigenvalue weighted by atomic mass is 9.37. The number of aliphatic hydroxyl groups excluding tert-OH is 1. The normalized spacial score (nSPS) is 46.9. The van der Waals surface area contributed by atoms with Gasteiger partial charge in [-0.1, -0.05) is 34.6 Å². The van der Waals surface area contributed by atoms with Crippen molar-refractivity contribution in [1.82, 2.24) is 0 Å². The van der Waals surface area contributed by atoms with E-state index in [2.05, 4.69) is 34.6 Å². The first-order valence-electron chi connectivity index (χ1n) is 13.3. The van der Waals surface area contributed by atoms with E-state index in [4.69, 9.17) is 4.74 Å². The fraction of sp³-hybridized carbons (Fsp3) is 0.929. The average molecular weight is 447 g/mol. The Morgan fingerprint density at radius 2 is 1.81 bits per heavy atom. The van der Waals surface area contributed by atoms with Crippen LogP contribution in [-0.2, 0) is 14.3 Å². The number of Topliss-reactive ketones (excluding diaryl/α,β-unsaturated/α-hetero) is 1. The summed E-state index contributed by atoms with van der Waals surface area (Å²) in [7, 11) is 1.47. The molecule has 0 radical (unpaired) electrons. The third kappa shape index (κ3) is 3.41. The van der Waals surface area contributed by atoms with Crippen LogP contribution in [0.2, 0.25) is 0 Å². The van der Waals surface area contributed by atoms with Crippen LogP contribution in [0.25, 0.3) is 0 Å². The molecule has 4 fully saturated rings. The molecule has 4 nitrogen and oxygen atoms in total. The van der Waals surface area contributed by atoms with Crippen LogP contribution >= 0.6 is 0 Å². The summed E-state index contributed by atoms with van der Waals surface area (Å²) >= 11 is 0. The summed E-state index contributed by atoms with van der Waals surface area (Å²) in [5.74, 6) is 3.00. The van der Waals surface area contributed by atoms with Gasteiger partial charge >= 0.3 is 5.97 Å². The lowest BCUT2D eigenvalue weighted by molar-refractivity contribution is -0.196. The topological polar surface area (TPSA) is 63.6 Å². The first-order valence-corrected chi connectivity index (χ1v) is 13.3. The Balaban J connectivity index is 1.61. The molecule has 4 aliphatic carbocycles. The van der Waals surface area contributed by atoms with Gasteiger partial charge < -0.3 is 9.84 Å². The van der Waals surface area contributed by atoms with E-state index in [-0.39, 0.29) is 34.2 Å². The molecule has 0 aromatic carbocycles. The molecule has 0 heterocycles. The van der Waals surface area contributed by atoms with Gasteiger partial charge in [0.25, 0.3) is 0 Å². The van der Waals surface area contributed by atoms with Gasteiger partial charge in [-0.15, -0.1) is 0 Å². The van der Waals surface area contributed by atoms with Crippen molar-refractivity contribution in [2.45, 2.75) is 105 Å². The highest BCUT2D eigenvalue weighted by Gasteiger charge is 2.67. The molecule has 0 aromatic heterocycles. The zero-order valence-electron chi connectivity index (χ0n) is 21.3. The van der Waals surface area contributed by atoms with Gasteiger partial charge in [-0.3, -0.25) is 9.59 Å². The standard InChI is InChI=1S/C28H46O4/c1-17(2)28-15-19(29)11-14-27(28,5)22-12-13-26(4)20(18(3)7-10-24(31)32-6)8-9-21(26)25(22)23(30)16-28/h17-22,25,29H,7-16H2,1-6H3/t18-,19-,20-,21?,22?,25+,26-,27-,28+/m1/s1. The summed E-state index contributed by atoms with van der Waals surface area (Å²) < 4.78 is 4.88.